The largest absolute Gasteiger partial charge is 0.465 e. The van der Waals surface area contributed by atoms with E-state index in [9.17, 15) is 14.4 Å². The first-order valence-corrected chi connectivity index (χ1v) is 8.96. The molecule has 2 aromatic rings. The van der Waals surface area contributed by atoms with Gasteiger partial charge in [-0.25, -0.2) is 0 Å². The van der Waals surface area contributed by atoms with Crippen LogP contribution in [0.5, 0.6) is 0 Å². The summed E-state index contributed by atoms with van der Waals surface area (Å²) in [4.78, 5) is 37.3. The number of thioether (sulfide) groups is 1. The molecule has 1 aliphatic rings. The molecule has 0 radical (unpaired) electrons. The molecule has 1 aromatic heterocycles. The zero-order valence-electron chi connectivity index (χ0n) is 14.5. The number of aromatic nitrogens is 1. The molecular weight excluding hydrogens is 352 g/mol. The second kappa shape index (κ2) is 7.61. The zero-order chi connectivity index (χ0) is 18.7. The number of amides is 2. The molecular formula is C19H18N2O4S. The van der Waals surface area contributed by atoms with Crippen LogP contribution in [-0.4, -0.2) is 39.7 Å². The molecule has 3 rings (SSSR count). The van der Waals surface area contributed by atoms with Gasteiger partial charge in [-0.2, -0.15) is 0 Å². The summed E-state index contributed by atoms with van der Waals surface area (Å²) < 4.78 is 6.75. The minimum atomic E-state index is -0.598. The number of rotatable bonds is 5. The summed E-state index contributed by atoms with van der Waals surface area (Å²) in [7, 11) is 0. The van der Waals surface area contributed by atoms with Crippen LogP contribution in [0.4, 0.5) is 4.79 Å². The van der Waals surface area contributed by atoms with Crippen molar-refractivity contribution in [1.82, 2.24) is 9.47 Å². The predicted molar refractivity (Wildman–Crippen MR) is 99.8 cm³/mol. The second-order valence-corrected chi connectivity index (χ2v) is 6.71. The van der Waals surface area contributed by atoms with Gasteiger partial charge in [-0.05, 0) is 61.5 Å². The number of aryl methyl sites for hydroxylation is 1. The van der Waals surface area contributed by atoms with E-state index in [0.29, 0.717) is 0 Å². The number of ether oxygens (including phenoxy) is 1. The minimum Gasteiger partial charge on any atom is -0.465 e. The zero-order valence-corrected chi connectivity index (χ0v) is 15.3. The monoisotopic (exact) mass is 370 g/mol. The number of nitrogens with zero attached hydrogens (tertiary/aromatic N) is 2. The fraction of sp³-hybridized carbons (Fsp3) is 0.211. The van der Waals surface area contributed by atoms with E-state index in [1.165, 1.54) is 0 Å². The van der Waals surface area contributed by atoms with Gasteiger partial charge in [0, 0.05) is 17.6 Å². The van der Waals surface area contributed by atoms with E-state index in [4.69, 9.17) is 4.74 Å². The highest BCUT2D eigenvalue weighted by Crippen LogP contribution is 2.32. The van der Waals surface area contributed by atoms with Crippen molar-refractivity contribution in [2.75, 3.05) is 13.2 Å². The van der Waals surface area contributed by atoms with Crippen molar-refractivity contribution in [1.29, 1.82) is 0 Å². The fourth-order valence-electron chi connectivity index (χ4n) is 2.63. The molecule has 0 N–H and O–H groups in total. The average molecular weight is 370 g/mol. The first-order chi connectivity index (χ1) is 12.5. The van der Waals surface area contributed by atoms with Gasteiger partial charge in [0.05, 0.1) is 11.5 Å². The van der Waals surface area contributed by atoms with E-state index >= 15 is 0 Å². The Kier molecular flexibility index (Phi) is 5.27. The van der Waals surface area contributed by atoms with Crippen LogP contribution in [0.25, 0.3) is 11.8 Å². The molecule has 1 fully saturated rings. The maximum Gasteiger partial charge on any atom is 0.326 e. The van der Waals surface area contributed by atoms with E-state index in [2.05, 4.69) is 0 Å². The van der Waals surface area contributed by atoms with Crippen LogP contribution in [0, 0.1) is 6.92 Å². The number of benzene rings is 1. The summed E-state index contributed by atoms with van der Waals surface area (Å²) in [6.07, 6.45) is 3.56. The molecule has 134 valence electrons. The maximum absolute atomic E-state index is 12.5. The highest BCUT2D eigenvalue weighted by atomic mass is 32.2. The summed E-state index contributed by atoms with van der Waals surface area (Å²) in [6, 6.07) is 11.7. The third kappa shape index (κ3) is 3.72. The molecule has 2 amide bonds. The highest BCUT2D eigenvalue weighted by Gasteiger charge is 2.36. The standard InChI is InChI=1S/C19H18N2O4S/c1-3-25-17(22)12-21-18(23)16(26-19(21)24)11-15-8-5-9-20(15)14-7-4-6-13(2)10-14/h4-11H,3,12H2,1-2H3/b16-11+. The van der Waals surface area contributed by atoms with Gasteiger partial charge in [-0.15, -0.1) is 0 Å². The molecule has 26 heavy (non-hydrogen) atoms. The van der Waals surface area contributed by atoms with Crippen molar-refractivity contribution in [2.24, 2.45) is 0 Å². The van der Waals surface area contributed by atoms with E-state index in [0.717, 1.165) is 33.6 Å². The van der Waals surface area contributed by atoms with Crippen molar-refractivity contribution in [3.63, 3.8) is 0 Å². The number of carbonyl (C=O) groups excluding carboxylic acids is 3. The molecule has 1 aliphatic heterocycles. The summed E-state index contributed by atoms with van der Waals surface area (Å²) in [6.45, 7) is 3.52. The average Bonchev–Trinajstić information content (AvgIpc) is 3.16. The van der Waals surface area contributed by atoms with Gasteiger partial charge in [0.2, 0.25) is 0 Å². The van der Waals surface area contributed by atoms with Gasteiger partial charge >= 0.3 is 5.97 Å². The molecule has 0 spiro atoms. The summed E-state index contributed by atoms with van der Waals surface area (Å²) in [5, 5.41) is -0.469. The molecule has 0 bridgehead atoms. The van der Waals surface area contributed by atoms with E-state index < -0.39 is 17.1 Å². The van der Waals surface area contributed by atoms with Crippen LogP contribution in [0.3, 0.4) is 0 Å². The predicted octanol–water partition coefficient (Wildman–Crippen LogP) is 3.39. The van der Waals surface area contributed by atoms with Crippen molar-refractivity contribution in [3.05, 3.63) is 58.8 Å². The number of imide groups is 1. The van der Waals surface area contributed by atoms with E-state index in [-0.39, 0.29) is 18.1 Å². The Bertz CT molecular complexity index is 900. The normalized spacial score (nSPS) is 15.8. The fourth-order valence-corrected chi connectivity index (χ4v) is 3.45. The lowest BCUT2D eigenvalue weighted by Crippen LogP contribution is -2.34. The lowest BCUT2D eigenvalue weighted by Gasteiger charge is -2.11. The number of esters is 1. The van der Waals surface area contributed by atoms with Crippen LogP contribution < -0.4 is 0 Å². The maximum atomic E-state index is 12.5. The topological polar surface area (TPSA) is 68.6 Å². The highest BCUT2D eigenvalue weighted by molar-refractivity contribution is 8.18. The van der Waals surface area contributed by atoms with Crippen molar-refractivity contribution >= 4 is 35.0 Å². The molecule has 2 heterocycles. The Morgan fingerprint density at radius 3 is 2.77 bits per heavy atom. The number of hydrogen-bond donors (Lipinski definition) is 0. The Hall–Kier alpha value is -2.80. The van der Waals surface area contributed by atoms with Crippen LogP contribution in [0.1, 0.15) is 18.2 Å². The molecule has 0 unspecified atom stereocenters. The van der Waals surface area contributed by atoms with Gasteiger partial charge in [-0.1, -0.05) is 12.1 Å². The molecule has 7 heteroatoms. The summed E-state index contributed by atoms with van der Waals surface area (Å²) >= 11 is 0.825. The van der Waals surface area contributed by atoms with Gasteiger partial charge in [0.1, 0.15) is 6.54 Å². The Labute approximate surface area is 155 Å². The number of carbonyl (C=O) groups is 3. The quantitative estimate of drug-likeness (QED) is 0.596. The summed E-state index contributed by atoms with van der Waals surface area (Å²) in [5.74, 6) is -1.08. The lowest BCUT2D eigenvalue weighted by molar-refractivity contribution is -0.145. The Balaban J connectivity index is 1.86. The molecule has 0 saturated carbocycles. The van der Waals surface area contributed by atoms with Crippen molar-refractivity contribution in [2.45, 2.75) is 13.8 Å². The van der Waals surface area contributed by atoms with Gasteiger partial charge in [-0.3, -0.25) is 19.3 Å². The molecule has 0 atom stereocenters. The third-order valence-corrected chi connectivity index (χ3v) is 4.71. The van der Waals surface area contributed by atoms with Gasteiger partial charge in [0.25, 0.3) is 11.1 Å². The van der Waals surface area contributed by atoms with Crippen molar-refractivity contribution < 1.29 is 19.1 Å². The van der Waals surface area contributed by atoms with E-state index in [1.807, 2.05) is 54.1 Å². The smallest absolute Gasteiger partial charge is 0.326 e. The molecule has 6 nitrogen and oxygen atoms in total. The van der Waals surface area contributed by atoms with Crippen LogP contribution >= 0.6 is 11.8 Å². The third-order valence-electron chi connectivity index (χ3n) is 3.81. The van der Waals surface area contributed by atoms with Crippen LogP contribution in [0.15, 0.2) is 47.5 Å². The van der Waals surface area contributed by atoms with Crippen molar-refractivity contribution in [3.8, 4) is 5.69 Å². The van der Waals surface area contributed by atoms with Gasteiger partial charge < -0.3 is 9.30 Å². The minimum absolute atomic E-state index is 0.203. The molecule has 0 aliphatic carbocycles. The van der Waals surface area contributed by atoms with Crippen LogP contribution in [-0.2, 0) is 14.3 Å². The SMILES string of the molecule is CCOC(=O)CN1C(=O)S/C(=C/c2cccn2-c2cccc(C)c2)C1=O. The van der Waals surface area contributed by atoms with Crippen LogP contribution in [0.2, 0.25) is 0 Å². The first-order valence-electron chi connectivity index (χ1n) is 8.15. The molecule has 1 saturated heterocycles. The second-order valence-electron chi connectivity index (χ2n) is 5.71. The Morgan fingerprint density at radius 1 is 1.23 bits per heavy atom. The Morgan fingerprint density at radius 2 is 2.04 bits per heavy atom. The number of hydrogen-bond acceptors (Lipinski definition) is 5. The lowest BCUT2D eigenvalue weighted by atomic mass is 10.2. The van der Waals surface area contributed by atoms with E-state index in [1.54, 1.807) is 13.0 Å². The first kappa shape index (κ1) is 18.0. The molecule has 1 aromatic carbocycles. The summed E-state index contributed by atoms with van der Waals surface area (Å²) in [5.41, 5.74) is 2.86. The van der Waals surface area contributed by atoms with Gasteiger partial charge in [0.15, 0.2) is 0 Å².